The van der Waals surface area contributed by atoms with Crippen LogP contribution in [0.2, 0.25) is 0 Å². The standard InChI is InChI=1S/C29H27F8NO5S/c30-20-5-7-21(8-6-20)44(42,43)26-11-12-38(24(39)14-16-1-2-18(13-16)25(40)41)23(26)10-3-17-15-19(4-9-22(17)26)27(31,28(32,33)34)29(35,36)37/h4-9,15-16,18,23H,1-3,10-14H2,(H,40,41)/t16?,18?,23-,26-/m0/s1. The lowest BCUT2D eigenvalue weighted by molar-refractivity contribution is -0.348. The average Bonchev–Trinajstić information content (AvgIpc) is 3.57. The summed E-state index contributed by atoms with van der Waals surface area (Å²) in [4.78, 5) is 25.9. The second kappa shape index (κ2) is 10.7. The van der Waals surface area contributed by atoms with E-state index in [1.807, 2.05) is 0 Å². The number of aliphatic carboxylic acids is 1. The summed E-state index contributed by atoms with van der Waals surface area (Å²) < 4.78 is 136. The number of halogens is 8. The van der Waals surface area contributed by atoms with Crippen molar-refractivity contribution in [3.63, 3.8) is 0 Å². The molecule has 0 bridgehead atoms. The number of amides is 1. The number of nitrogens with zero attached hydrogens (tertiary/aromatic N) is 1. The van der Waals surface area contributed by atoms with Crippen LogP contribution in [0.4, 0.5) is 35.1 Å². The molecule has 1 saturated heterocycles. The number of hydrogen-bond acceptors (Lipinski definition) is 4. The number of alkyl halides is 7. The summed E-state index contributed by atoms with van der Waals surface area (Å²) in [5.74, 6) is -3.09. The number of carboxylic acids is 1. The molecule has 4 atom stereocenters. The summed E-state index contributed by atoms with van der Waals surface area (Å²) in [5, 5.41) is 9.30. The van der Waals surface area contributed by atoms with Gasteiger partial charge in [-0.15, -0.1) is 0 Å². The number of sulfone groups is 1. The SMILES string of the molecule is O=C(O)C1CCC(CC(=O)N2CC[C@]3(S(=O)(=O)c4ccc(F)cc4)c4ccc(C(F)(C(F)(F)F)C(F)(F)F)cc4CC[C@H]23)C1. The fourth-order valence-electron chi connectivity index (χ4n) is 7.20. The Hall–Kier alpha value is -3.23. The lowest BCUT2D eigenvalue weighted by Gasteiger charge is -2.43. The van der Waals surface area contributed by atoms with Gasteiger partial charge in [0.15, 0.2) is 9.84 Å². The Balaban J connectivity index is 1.60. The second-order valence-corrected chi connectivity index (χ2v) is 13.9. The maximum absolute atomic E-state index is 15.0. The number of aryl methyl sites for hydroxylation is 1. The van der Waals surface area contributed by atoms with Crippen LogP contribution in [0.5, 0.6) is 0 Å². The van der Waals surface area contributed by atoms with Gasteiger partial charge in [0.1, 0.15) is 10.6 Å². The molecule has 0 spiro atoms. The molecule has 44 heavy (non-hydrogen) atoms. The first-order chi connectivity index (χ1) is 20.3. The van der Waals surface area contributed by atoms with Gasteiger partial charge in [0.05, 0.1) is 16.9 Å². The van der Waals surface area contributed by atoms with Crippen LogP contribution in [0, 0.1) is 17.7 Å². The third-order valence-electron chi connectivity index (χ3n) is 9.34. The zero-order valence-corrected chi connectivity index (χ0v) is 23.7. The predicted octanol–water partition coefficient (Wildman–Crippen LogP) is 6.22. The summed E-state index contributed by atoms with van der Waals surface area (Å²) in [5.41, 5.74) is -7.86. The highest BCUT2D eigenvalue weighted by molar-refractivity contribution is 7.92. The highest BCUT2D eigenvalue weighted by atomic mass is 32.2. The van der Waals surface area contributed by atoms with Crippen molar-refractivity contribution in [3.05, 3.63) is 65.0 Å². The van der Waals surface area contributed by atoms with E-state index in [0.717, 1.165) is 30.3 Å². The summed E-state index contributed by atoms with van der Waals surface area (Å²) in [7, 11) is -4.59. The van der Waals surface area contributed by atoms with Gasteiger partial charge in [-0.05, 0) is 79.8 Å². The van der Waals surface area contributed by atoms with Gasteiger partial charge >= 0.3 is 24.0 Å². The Kier molecular flexibility index (Phi) is 7.82. The van der Waals surface area contributed by atoms with Gasteiger partial charge in [-0.3, -0.25) is 9.59 Å². The van der Waals surface area contributed by atoms with Crippen LogP contribution in [-0.4, -0.2) is 55.2 Å². The lowest BCUT2D eigenvalue weighted by atomic mass is 9.76. The van der Waals surface area contributed by atoms with E-state index in [4.69, 9.17) is 0 Å². The maximum atomic E-state index is 15.0. The molecule has 1 saturated carbocycles. The average molecular weight is 654 g/mol. The molecular formula is C29H27F8NO5S. The third kappa shape index (κ3) is 4.85. The van der Waals surface area contributed by atoms with Crippen molar-refractivity contribution in [1.82, 2.24) is 4.90 Å². The topological polar surface area (TPSA) is 91.8 Å². The molecule has 3 aliphatic rings. The van der Waals surface area contributed by atoms with Crippen molar-refractivity contribution < 1.29 is 58.2 Å². The normalized spacial score (nSPS) is 25.9. The summed E-state index contributed by atoms with van der Waals surface area (Å²) in [6.07, 6.45) is -12.4. The van der Waals surface area contributed by atoms with E-state index in [0.29, 0.717) is 18.9 Å². The van der Waals surface area contributed by atoms with Crippen LogP contribution >= 0.6 is 0 Å². The van der Waals surface area contributed by atoms with E-state index in [1.54, 1.807) is 0 Å². The Labute approximate surface area is 247 Å². The van der Waals surface area contributed by atoms with E-state index in [1.165, 1.54) is 4.90 Å². The van der Waals surface area contributed by atoms with Crippen molar-refractivity contribution in [3.8, 4) is 0 Å². The van der Waals surface area contributed by atoms with Crippen molar-refractivity contribution >= 4 is 21.7 Å². The fourth-order valence-corrected chi connectivity index (χ4v) is 9.57. The second-order valence-electron chi connectivity index (χ2n) is 11.7. The molecule has 1 amide bonds. The van der Waals surface area contributed by atoms with E-state index in [2.05, 4.69) is 0 Å². The number of rotatable bonds is 6. The Morgan fingerprint density at radius 2 is 1.57 bits per heavy atom. The first kappa shape index (κ1) is 32.2. The molecule has 5 rings (SSSR count). The zero-order valence-electron chi connectivity index (χ0n) is 22.9. The number of carbonyl (C=O) groups is 2. The van der Waals surface area contributed by atoms with E-state index in [-0.39, 0.29) is 66.7 Å². The highest BCUT2D eigenvalue weighted by Gasteiger charge is 2.74. The summed E-state index contributed by atoms with van der Waals surface area (Å²) in [6, 6.07) is 4.05. The molecule has 1 heterocycles. The molecular weight excluding hydrogens is 626 g/mol. The fraction of sp³-hybridized carbons (Fsp3) is 0.517. The van der Waals surface area contributed by atoms with Crippen molar-refractivity contribution in [2.75, 3.05) is 6.54 Å². The molecule has 2 fully saturated rings. The minimum absolute atomic E-state index is 0.0692. The van der Waals surface area contributed by atoms with Gasteiger partial charge in [-0.25, -0.2) is 17.2 Å². The minimum Gasteiger partial charge on any atom is -0.481 e. The Morgan fingerprint density at radius 1 is 0.932 bits per heavy atom. The van der Waals surface area contributed by atoms with Crippen molar-refractivity contribution in [2.24, 2.45) is 11.8 Å². The first-order valence-electron chi connectivity index (χ1n) is 13.8. The molecule has 0 radical (unpaired) electrons. The van der Waals surface area contributed by atoms with Crippen LogP contribution < -0.4 is 0 Å². The number of carbonyl (C=O) groups excluding carboxylic acids is 1. The molecule has 15 heteroatoms. The smallest absolute Gasteiger partial charge is 0.435 e. The number of hydrogen-bond donors (Lipinski definition) is 1. The van der Waals surface area contributed by atoms with Crippen LogP contribution in [0.15, 0.2) is 47.4 Å². The molecule has 0 aromatic heterocycles. The lowest BCUT2D eigenvalue weighted by Crippen LogP contribution is -2.53. The molecule has 240 valence electrons. The molecule has 2 aromatic rings. The van der Waals surface area contributed by atoms with Gasteiger partial charge in [0, 0.05) is 18.5 Å². The number of likely N-dealkylation sites (tertiary alicyclic amines) is 1. The largest absolute Gasteiger partial charge is 0.481 e. The van der Waals surface area contributed by atoms with E-state index >= 15 is 0 Å². The first-order valence-corrected chi connectivity index (χ1v) is 15.3. The number of fused-ring (bicyclic) bond motifs is 3. The van der Waals surface area contributed by atoms with Crippen LogP contribution in [0.3, 0.4) is 0 Å². The maximum Gasteiger partial charge on any atom is 0.435 e. The Morgan fingerprint density at radius 3 is 2.14 bits per heavy atom. The van der Waals surface area contributed by atoms with E-state index < -0.39 is 67.8 Å². The van der Waals surface area contributed by atoms with Crippen LogP contribution in [0.25, 0.3) is 0 Å². The highest BCUT2D eigenvalue weighted by Crippen LogP contribution is 2.57. The molecule has 2 aromatic carbocycles. The molecule has 1 N–H and O–H groups in total. The van der Waals surface area contributed by atoms with E-state index in [9.17, 15) is 58.2 Å². The predicted molar refractivity (Wildman–Crippen MR) is 138 cm³/mol. The van der Waals surface area contributed by atoms with Crippen molar-refractivity contribution in [1.29, 1.82) is 0 Å². The molecule has 2 unspecified atom stereocenters. The van der Waals surface area contributed by atoms with Gasteiger partial charge in [-0.2, -0.15) is 26.3 Å². The van der Waals surface area contributed by atoms with Gasteiger partial charge < -0.3 is 10.0 Å². The number of carboxylic acid groups (broad SMARTS) is 1. The summed E-state index contributed by atoms with van der Waals surface area (Å²) in [6.45, 7) is -0.127. The van der Waals surface area contributed by atoms with Gasteiger partial charge in [0.25, 0.3) is 0 Å². The van der Waals surface area contributed by atoms with Crippen LogP contribution in [-0.2, 0) is 36.3 Å². The van der Waals surface area contributed by atoms with Gasteiger partial charge in [0.2, 0.25) is 5.91 Å². The number of benzene rings is 2. The van der Waals surface area contributed by atoms with Crippen molar-refractivity contribution in [2.45, 2.75) is 78.7 Å². The minimum atomic E-state index is -6.37. The molecule has 6 nitrogen and oxygen atoms in total. The summed E-state index contributed by atoms with van der Waals surface area (Å²) >= 11 is 0. The third-order valence-corrected chi connectivity index (χ3v) is 11.9. The van der Waals surface area contributed by atoms with Gasteiger partial charge in [-0.1, -0.05) is 18.2 Å². The van der Waals surface area contributed by atoms with Crippen LogP contribution in [0.1, 0.15) is 55.2 Å². The monoisotopic (exact) mass is 653 g/mol. The quantitative estimate of drug-likeness (QED) is 0.295. The molecule has 1 aliphatic heterocycles. The zero-order chi connectivity index (χ0) is 32.5. The Bertz CT molecular complexity index is 1560. The molecule has 2 aliphatic carbocycles.